The number of alkyl halides is 4. The van der Waals surface area contributed by atoms with Crippen LogP contribution in [0.3, 0.4) is 0 Å². The van der Waals surface area contributed by atoms with Crippen LogP contribution in [0.5, 0.6) is 0 Å². The molecule has 0 heterocycles. The summed E-state index contributed by atoms with van der Waals surface area (Å²) in [6.45, 7) is 0. The third-order valence-electron chi connectivity index (χ3n) is 5.76. The number of carbonyl (C=O) groups is 2. The maximum atomic E-state index is 13.0. The number of Topliss-reactive ketones (excluding diaryl/α,β-unsaturated/α-hetero) is 1. The molecule has 0 bridgehead atoms. The van der Waals surface area contributed by atoms with E-state index in [0.717, 1.165) is 0 Å². The van der Waals surface area contributed by atoms with E-state index in [4.69, 9.17) is 58.0 Å². The van der Waals surface area contributed by atoms with Crippen LogP contribution in [-0.2, 0) is 4.79 Å². The van der Waals surface area contributed by atoms with Crippen molar-refractivity contribution in [1.29, 1.82) is 0 Å². The molecule has 32 heavy (non-hydrogen) atoms. The molecule has 2 fully saturated rings. The first-order chi connectivity index (χ1) is 14.9. The zero-order chi connectivity index (χ0) is 23.4. The van der Waals surface area contributed by atoms with Gasteiger partial charge in [-0.2, -0.15) is 0 Å². The fraction of sp³-hybridized carbons (Fsp3) is 0.364. The van der Waals surface area contributed by atoms with E-state index in [0.29, 0.717) is 21.3 Å². The van der Waals surface area contributed by atoms with Gasteiger partial charge in [0, 0.05) is 46.5 Å². The van der Waals surface area contributed by atoms with E-state index in [-0.39, 0.29) is 41.5 Å². The fourth-order valence-electron chi connectivity index (χ4n) is 4.16. The minimum absolute atomic E-state index is 0.0284. The van der Waals surface area contributed by atoms with Crippen LogP contribution in [0.25, 0.3) is 0 Å². The van der Waals surface area contributed by atoms with Crippen LogP contribution in [0, 0.1) is 11.8 Å². The standard InChI is InChI=1S/C22H16Cl5F2NO2/c23-12-4-11(5-13(24)6-12)18-19(22(18,26)27)20(32)30-14-1-2-16(25)15(7-14)17(31)3-10-8-21(28,29)9-10/h1-2,4-7,10,18-19H,3,8-9H2,(H,30,32). The van der Waals surface area contributed by atoms with E-state index in [2.05, 4.69) is 5.32 Å². The molecule has 4 rings (SSSR count). The largest absolute Gasteiger partial charge is 0.326 e. The summed E-state index contributed by atoms with van der Waals surface area (Å²) in [7, 11) is 0. The van der Waals surface area contributed by atoms with Gasteiger partial charge in [0.25, 0.3) is 0 Å². The van der Waals surface area contributed by atoms with Gasteiger partial charge in [0.05, 0.1) is 10.9 Å². The summed E-state index contributed by atoms with van der Waals surface area (Å²) in [4.78, 5) is 25.4. The van der Waals surface area contributed by atoms with E-state index < -0.39 is 28.0 Å². The number of amides is 1. The molecule has 0 aliphatic heterocycles. The lowest BCUT2D eigenvalue weighted by Gasteiger charge is -2.34. The van der Waals surface area contributed by atoms with Crippen molar-refractivity contribution in [2.75, 3.05) is 5.32 Å². The number of ketones is 1. The van der Waals surface area contributed by atoms with Crippen molar-refractivity contribution in [2.45, 2.75) is 35.4 Å². The number of nitrogens with one attached hydrogen (secondary N) is 1. The predicted molar refractivity (Wildman–Crippen MR) is 124 cm³/mol. The van der Waals surface area contributed by atoms with Crippen LogP contribution < -0.4 is 5.32 Å². The van der Waals surface area contributed by atoms with E-state index in [1.807, 2.05) is 0 Å². The zero-order valence-corrected chi connectivity index (χ0v) is 20.1. The Morgan fingerprint density at radius 1 is 1.00 bits per heavy atom. The predicted octanol–water partition coefficient (Wildman–Crippen LogP) is 7.79. The second-order valence-corrected chi connectivity index (χ2v) is 11.0. The van der Waals surface area contributed by atoms with Crippen LogP contribution in [0.4, 0.5) is 14.5 Å². The Bertz CT molecular complexity index is 1080. The molecule has 2 atom stereocenters. The molecule has 0 aromatic heterocycles. The Hall–Kier alpha value is -1.11. The van der Waals surface area contributed by atoms with Crippen LogP contribution in [-0.4, -0.2) is 21.9 Å². The van der Waals surface area contributed by atoms with Crippen molar-refractivity contribution in [3.05, 3.63) is 62.6 Å². The first kappa shape index (κ1) is 24.0. The molecule has 10 heteroatoms. The van der Waals surface area contributed by atoms with Crippen molar-refractivity contribution in [2.24, 2.45) is 11.8 Å². The highest BCUT2D eigenvalue weighted by Gasteiger charge is 2.67. The van der Waals surface area contributed by atoms with Crippen molar-refractivity contribution >= 4 is 75.4 Å². The quantitative estimate of drug-likeness (QED) is 0.300. The topological polar surface area (TPSA) is 46.2 Å². The van der Waals surface area contributed by atoms with Crippen molar-refractivity contribution in [3.8, 4) is 0 Å². The van der Waals surface area contributed by atoms with E-state index >= 15 is 0 Å². The lowest BCUT2D eigenvalue weighted by atomic mass is 9.77. The SMILES string of the molecule is O=C(CC1CC(F)(F)C1)c1cc(NC(=O)C2C(c3cc(Cl)cc(Cl)c3)C2(Cl)Cl)ccc1Cl. The molecule has 0 radical (unpaired) electrons. The lowest BCUT2D eigenvalue weighted by molar-refractivity contribution is -0.117. The van der Waals surface area contributed by atoms with E-state index in [9.17, 15) is 18.4 Å². The number of anilines is 1. The van der Waals surface area contributed by atoms with Crippen molar-refractivity contribution in [1.82, 2.24) is 0 Å². The molecule has 2 aliphatic rings. The Morgan fingerprint density at radius 2 is 1.62 bits per heavy atom. The van der Waals surface area contributed by atoms with Crippen LogP contribution in [0.15, 0.2) is 36.4 Å². The van der Waals surface area contributed by atoms with Gasteiger partial charge in [0.15, 0.2) is 5.78 Å². The van der Waals surface area contributed by atoms with Gasteiger partial charge in [-0.05, 0) is 47.9 Å². The summed E-state index contributed by atoms with van der Waals surface area (Å²) in [6.07, 6.45) is -0.646. The Kier molecular flexibility index (Phi) is 6.45. The molecule has 2 saturated carbocycles. The van der Waals surface area contributed by atoms with Gasteiger partial charge < -0.3 is 5.32 Å². The lowest BCUT2D eigenvalue weighted by Crippen LogP contribution is -2.36. The number of carbonyl (C=O) groups excluding carboxylic acids is 2. The average Bonchev–Trinajstić information content (AvgIpc) is 3.23. The molecule has 1 amide bonds. The first-order valence-corrected chi connectivity index (χ1v) is 11.6. The Morgan fingerprint density at radius 3 is 2.22 bits per heavy atom. The third kappa shape index (κ3) is 4.88. The number of rotatable bonds is 6. The molecular formula is C22H16Cl5F2NO2. The normalized spacial score (nSPS) is 23.3. The van der Waals surface area contributed by atoms with Crippen LogP contribution in [0.2, 0.25) is 15.1 Å². The van der Waals surface area contributed by atoms with Crippen molar-refractivity contribution in [3.63, 3.8) is 0 Å². The number of hydrogen-bond acceptors (Lipinski definition) is 2. The summed E-state index contributed by atoms with van der Waals surface area (Å²) in [5, 5.41) is 3.67. The summed E-state index contributed by atoms with van der Waals surface area (Å²) in [5.41, 5.74) is 1.12. The van der Waals surface area contributed by atoms with Gasteiger partial charge in [0.2, 0.25) is 11.8 Å². The highest BCUT2D eigenvalue weighted by Crippen LogP contribution is 2.65. The number of benzene rings is 2. The molecule has 0 spiro atoms. The van der Waals surface area contributed by atoms with Gasteiger partial charge in [-0.25, -0.2) is 8.78 Å². The van der Waals surface area contributed by atoms with Crippen LogP contribution >= 0.6 is 58.0 Å². The molecule has 170 valence electrons. The smallest absolute Gasteiger partial charge is 0.248 e. The van der Waals surface area contributed by atoms with E-state index in [1.165, 1.54) is 18.2 Å². The first-order valence-electron chi connectivity index (χ1n) is 9.72. The molecule has 2 aromatic rings. The fourth-order valence-corrected chi connectivity index (χ4v) is 5.75. The van der Waals surface area contributed by atoms with Gasteiger partial charge >= 0.3 is 0 Å². The monoisotopic (exact) mass is 539 g/mol. The minimum Gasteiger partial charge on any atom is -0.326 e. The molecular weight excluding hydrogens is 526 g/mol. The Labute approximate surface area is 208 Å². The summed E-state index contributed by atoms with van der Waals surface area (Å²) >= 11 is 30.9. The maximum Gasteiger partial charge on any atom is 0.248 e. The van der Waals surface area contributed by atoms with Gasteiger partial charge in [0.1, 0.15) is 4.33 Å². The molecule has 0 saturated heterocycles. The van der Waals surface area contributed by atoms with Gasteiger partial charge in [-0.3, -0.25) is 9.59 Å². The summed E-state index contributed by atoms with van der Waals surface area (Å²) < 4.78 is 24.8. The van der Waals surface area contributed by atoms with Crippen molar-refractivity contribution < 1.29 is 18.4 Å². The highest BCUT2D eigenvalue weighted by atomic mass is 35.5. The van der Waals surface area contributed by atoms with Gasteiger partial charge in [-0.1, -0.05) is 34.8 Å². The minimum atomic E-state index is -2.70. The summed E-state index contributed by atoms with van der Waals surface area (Å²) in [6, 6.07) is 9.28. The van der Waals surface area contributed by atoms with E-state index in [1.54, 1.807) is 18.2 Å². The molecule has 2 aliphatic carbocycles. The molecule has 1 N–H and O–H groups in total. The second-order valence-electron chi connectivity index (χ2n) is 8.27. The molecule has 2 unspecified atom stereocenters. The number of halogens is 7. The zero-order valence-electron chi connectivity index (χ0n) is 16.3. The number of hydrogen-bond donors (Lipinski definition) is 1. The third-order valence-corrected chi connectivity index (χ3v) is 7.47. The maximum absolute atomic E-state index is 13.0. The Balaban J connectivity index is 1.46. The second kappa shape index (κ2) is 8.59. The average molecular weight is 542 g/mol. The molecule has 3 nitrogen and oxygen atoms in total. The summed E-state index contributed by atoms with van der Waals surface area (Å²) in [5.74, 6) is -5.17. The van der Waals surface area contributed by atoms with Crippen LogP contribution in [0.1, 0.15) is 41.1 Å². The van der Waals surface area contributed by atoms with Gasteiger partial charge in [-0.15, -0.1) is 23.2 Å². The highest BCUT2D eigenvalue weighted by molar-refractivity contribution is 6.53. The molecule has 2 aromatic carbocycles.